The molecule has 4 aliphatic carbocycles. The average molecular weight is 904 g/mol. The first-order valence-electron chi connectivity index (χ1n) is 25.1. The summed E-state index contributed by atoms with van der Waals surface area (Å²) in [4.78, 5) is 2.49. The van der Waals surface area contributed by atoms with Crippen LogP contribution in [0.1, 0.15) is 105 Å². The summed E-state index contributed by atoms with van der Waals surface area (Å²) in [6, 6.07) is 59.6. The molecule has 0 amide bonds. The summed E-state index contributed by atoms with van der Waals surface area (Å²) in [5.41, 5.74) is 29.0. The van der Waals surface area contributed by atoms with Gasteiger partial charge >= 0.3 is 0 Å². The smallest absolute Gasteiger partial charge is 0.143 e. The Labute approximate surface area is 409 Å². The highest BCUT2D eigenvalue weighted by molar-refractivity contribution is 6.13. The van der Waals surface area contributed by atoms with Crippen LogP contribution in [0.25, 0.3) is 88.4 Å². The van der Waals surface area contributed by atoms with E-state index < -0.39 is 0 Å². The van der Waals surface area contributed by atoms with E-state index in [0.29, 0.717) is 0 Å². The maximum Gasteiger partial charge on any atom is 0.143 e. The molecule has 3 nitrogen and oxygen atoms in total. The molecule has 4 aliphatic rings. The number of benzene rings is 9. The van der Waals surface area contributed by atoms with E-state index in [0.717, 1.165) is 39.4 Å². The molecular formula is C67H53NO2. The van der Waals surface area contributed by atoms with E-state index in [-0.39, 0.29) is 21.7 Å². The van der Waals surface area contributed by atoms with Gasteiger partial charge < -0.3 is 13.7 Å². The summed E-state index contributed by atoms with van der Waals surface area (Å²) in [6.07, 6.45) is 0. The maximum atomic E-state index is 6.73. The number of rotatable bonds is 3. The molecule has 0 spiro atoms. The van der Waals surface area contributed by atoms with E-state index in [2.05, 4.69) is 225 Å². The fourth-order valence-corrected chi connectivity index (χ4v) is 13.9. The van der Waals surface area contributed by atoms with Crippen molar-refractivity contribution >= 4 is 60.9 Å². The predicted octanol–water partition coefficient (Wildman–Crippen LogP) is 18.5. The second-order valence-corrected chi connectivity index (χ2v) is 22.9. The number of anilines is 3. The van der Waals surface area contributed by atoms with Gasteiger partial charge in [-0.1, -0.05) is 140 Å². The summed E-state index contributed by atoms with van der Waals surface area (Å²) in [7, 11) is 0. The Morgan fingerprint density at radius 1 is 0.314 bits per heavy atom. The molecule has 15 rings (SSSR count). The summed E-state index contributed by atoms with van der Waals surface area (Å²) in [5, 5.41) is 4.71. The van der Waals surface area contributed by atoms with E-state index in [1.165, 1.54) is 116 Å². The highest BCUT2D eigenvalue weighted by Gasteiger charge is 2.45. The molecular weight excluding hydrogens is 851 g/mol. The van der Waals surface area contributed by atoms with Gasteiger partial charge in [-0.05, 0) is 163 Å². The Morgan fingerprint density at radius 2 is 0.714 bits per heavy atom. The van der Waals surface area contributed by atoms with Gasteiger partial charge in [-0.25, -0.2) is 0 Å². The van der Waals surface area contributed by atoms with Gasteiger partial charge in [0.25, 0.3) is 0 Å². The molecule has 0 saturated carbocycles. The quantitative estimate of drug-likeness (QED) is 0.177. The Balaban J connectivity index is 0.859. The van der Waals surface area contributed by atoms with Crippen molar-refractivity contribution in [2.24, 2.45) is 0 Å². The van der Waals surface area contributed by atoms with Crippen molar-refractivity contribution in [3.63, 3.8) is 0 Å². The Morgan fingerprint density at radius 3 is 1.19 bits per heavy atom. The number of aryl methyl sites for hydroxylation is 1. The lowest BCUT2D eigenvalue weighted by Crippen LogP contribution is -2.18. The third-order valence-electron chi connectivity index (χ3n) is 17.7. The molecule has 338 valence electrons. The van der Waals surface area contributed by atoms with Gasteiger partial charge in [0.1, 0.15) is 22.3 Å². The molecule has 0 bridgehead atoms. The van der Waals surface area contributed by atoms with Crippen molar-refractivity contribution in [2.75, 3.05) is 4.90 Å². The van der Waals surface area contributed by atoms with Crippen molar-refractivity contribution < 1.29 is 8.83 Å². The third-order valence-corrected chi connectivity index (χ3v) is 17.7. The summed E-state index contributed by atoms with van der Waals surface area (Å²) < 4.78 is 13.5. The Kier molecular flexibility index (Phi) is 7.46. The average Bonchev–Trinajstić information content (AvgIpc) is 4.13. The summed E-state index contributed by atoms with van der Waals surface area (Å²) in [5.74, 6) is 0. The van der Waals surface area contributed by atoms with Crippen LogP contribution in [0.5, 0.6) is 0 Å². The van der Waals surface area contributed by atoms with E-state index in [1.54, 1.807) is 0 Å². The second kappa shape index (κ2) is 13.0. The number of fused-ring (bicyclic) bond motifs is 20. The molecule has 3 heteroatoms. The van der Waals surface area contributed by atoms with Crippen LogP contribution in [-0.2, 0) is 21.7 Å². The highest BCUT2D eigenvalue weighted by atomic mass is 16.3. The third kappa shape index (κ3) is 4.90. The van der Waals surface area contributed by atoms with Crippen molar-refractivity contribution in [3.05, 3.63) is 208 Å². The first-order chi connectivity index (χ1) is 33.6. The van der Waals surface area contributed by atoms with E-state index in [1.807, 2.05) is 0 Å². The number of nitrogens with zero attached hydrogens (tertiary/aromatic N) is 1. The van der Waals surface area contributed by atoms with Crippen LogP contribution in [0.15, 0.2) is 167 Å². The molecule has 0 N–H and O–H groups in total. The SMILES string of the molecule is Cc1cccc(N(c2ccc3c(c2)C(C)(C)c2cc4c(cc2-3)C(C)(C)c2ccc3c(oc5ccccc53)c2-4)c2ccc3c(c2)C(C)(C)c2cc4c(cc2-3)C(C)(C)c2ccc3c(oc5ccccc53)c2-4)c1. The van der Waals surface area contributed by atoms with Gasteiger partial charge in [-0.2, -0.15) is 0 Å². The van der Waals surface area contributed by atoms with Gasteiger partial charge in [-0.3, -0.25) is 0 Å². The van der Waals surface area contributed by atoms with Crippen LogP contribution >= 0.6 is 0 Å². The highest BCUT2D eigenvalue weighted by Crippen LogP contribution is 2.61. The van der Waals surface area contributed by atoms with Crippen LogP contribution in [0.3, 0.4) is 0 Å². The van der Waals surface area contributed by atoms with Gasteiger partial charge in [0, 0.05) is 71.4 Å². The molecule has 9 aromatic carbocycles. The van der Waals surface area contributed by atoms with Crippen LogP contribution in [0, 0.1) is 6.92 Å². The first kappa shape index (κ1) is 40.3. The number of furan rings is 2. The molecule has 0 saturated heterocycles. The fraction of sp³-hybridized carbons (Fsp3) is 0.194. The summed E-state index contributed by atoms with van der Waals surface area (Å²) >= 11 is 0. The lowest BCUT2D eigenvalue weighted by molar-refractivity contribution is 0.649. The molecule has 2 heterocycles. The lowest BCUT2D eigenvalue weighted by atomic mass is 9.79. The predicted molar refractivity (Wildman–Crippen MR) is 291 cm³/mol. The van der Waals surface area contributed by atoms with Crippen LogP contribution in [0.2, 0.25) is 0 Å². The van der Waals surface area contributed by atoms with Crippen LogP contribution in [0.4, 0.5) is 17.1 Å². The minimum absolute atomic E-state index is 0.176. The van der Waals surface area contributed by atoms with Gasteiger partial charge in [0.05, 0.1) is 0 Å². The molecule has 0 radical (unpaired) electrons. The van der Waals surface area contributed by atoms with Crippen molar-refractivity contribution in [2.45, 2.75) is 84.0 Å². The standard InChI is InChI=1S/C67H53NO2/c1-36-15-14-16-37(29-36)68(38-21-23-40-46-32-56-48(34-54(46)66(6,7)52(40)30-38)60-50(64(56,2)3)27-25-44-42-17-10-12-19-58(42)69-62(44)60)39-22-24-41-47-33-57-49(35-55(47)67(8,9)53(41)31-39)61-51(65(57,4)5)28-26-45-43-18-11-13-20-59(43)70-63(45)61/h10-35H,1-9H3. The van der Waals surface area contributed by atoms with Gasteiger partial charge in [-0.15, -0.1) is 0 Å². The van der Waals surface area contributed by atoms with Crippen LogP contribution < -0.4 is 4.90 Å². The van der Waals surface area contributed by atoms with E-state index in [4.69, 9.17) is 8.83 Å². The molecule has 0 atom stereocenters. The number of hydrogen-bond donors (Lipinski definition) is 0. The lowest BCUT2D eigenvalue weighted by Gasteiger charge is -2.30. The minimum atomic E-state index is -0.245. The minimum Gasteiger partial charge on any atom is -0.455 e. The zero-order valence-corrected chi connectivity index (χ0v) is 41.3. The normalized spacial score (nSPS) is 16.5. The molecule has 0 fully saturated rings. The zero-order chi connectivity index (χ0) is 47.5. The topological polar surface area (TPSA) is 29.5 Å². The molecule has 0 unspecified atom stereocenters. The first-order valence-corrected chi connectivity index (χ1v) is 25.1. The molecule has 11 aromatic rings. The van der Waals surface area contributed by atoms with Gasteiger partial charge in [0.2, 0.25) is 0 Å². The van der Waals surface area contributed by atoms with Crippen molar-refractivity contribution in [1.29, 1.82) is 0 Å². The van der Waals surface area contributed by atoms with E-state index >= 15 is 0 Å². The van der Waals surface area contributed by atoms with E-state index in [9.17, 15) is 0 Å². The van der Waals surface area contributed by atoms with Crippen LogP contribution in [-0.4, -0.2) is 0 Å². The summed E-state index contributed by atoms with van der Waals surface area (Å²) in [6.45, 7) is 21.4. The van der Waals surface area contributed by atoms with Crippen molar-refractivity contribution in [3.8, 4) is 44.5 Å². The molecule has 0 aliphatic heterocycles. The Bertz CT molecular complexity index is 3950. The zero-order valence-electron chi connectivity index (χ0n) is 41.3. The molecule has 2 aromatic heterocycles. The maximum absolute atomic E-state index is 6.73. The largest absolute Gasteiger partial charge is 0.455 e. The fourth-order valence-electron chi connectivity index (χ4n) is 13.9. The Hall–Kier alpha value is -7.62. The van der Waals surface area contributed by atoms with Gasteiger partial charge in [0.15, 0.2) is 0 Å². The molecule has 70 heavy (non-hydrogen) atoms. The number of hydrogen-bond acceptors (Lipinski definition) is 3. The monoisotopic (exact) mass is 903 g/mol. The second-order valence-electron chi connectivity index (χ2n) is 22.9. The number of para-hydroxylation sites is 2. The van der Waals surface area contributed by atoms with Crippen molar-refractivity contribution in [1.82, 2.24) is 0 Å².